The molecule has 0 saturated carbocycles. The molecule has 1 N–H and O–H groups in total. The molecule has 0 aromatic carbocycles. The van der Waals surface area contributed by atoms with Gasteiger partial charge in [0, 0.05) is 27.9 Å². The summed E-state index contributed by atoms with van der Waals surface area (Å²) in [6, 6.07) is 2.33. The lowest BCUT2D eigenvalue weighted by molar-refractivity contribution is 0.197. The zero-order valence-corrected chi connectivity index (χ0v) is 16.4. The Bertz CT molecular complexity index is 586. The van der Waals surface area contributed by atoms with Gasteiger partial charge in [0.25, 0.3) is 0 Å². The van der Waals surface area contributed by atoms with Crippen molar-refractivity contribution in [2.45, 2.75) is 25.3 Å². The molecule has 114 valence electrons. The largest absolute Gasteiger partial charge is 0.383 e. The number of ether oxygens (including phenoxy) is 1. The summed E-state index contributed by atoms with van der Waals surface area (Å²) in [5.74, 6) is 0. The van der Waals surface area contributed by atoms with Gasteiger partial charge in [0.1, 0.15) is 5.01 Å². The number of thiazole rings is 1. The maximum atomic E-state index is 5.16. The zero-order chi connectivity index (χ0) is 14.8. The molecule has 0 amide bonds. The van der Waals surface area contributed by atoms with Gasteiger partial charge in [-0.1, -0.05) is 0 Å². The van der Waals surface area contributed by atoms with Crippen LogP contribution in [0.4, 0.5) is 0 Å². The van der Waals surface area contributed by atoms with Crippen molar-refractivity contribution in [3.05, 3.63) is 34.8 Å². The molecule has 3 nitrogen and oxygen atoms in total. The SMILES string of the molecule is COCCNC(c1cc(Br)c(Br)s1)c1nc2c(s1)CCC2. The minimum atomic E-state index is 0.156. The molecule has 0 aliphatic heterocycles. The van der Waals surface area contributed by atoms with Crippen LogP contribution < -0.4 is 5.32 Å². The van der Waals surface area contributed by atoms with E-state index < -0.39 is 0 Å². The Morgan fingerprint density at radius 3 is 2.90 bits per heavy atom. The molecule has 2 aromatic heterocycles. The van der Waals surface area contributed by atoms with Gasteiger partial charge in [0.2, 0.25) is 0 Å². The van der Waals surface area contributed by atoms with Crippen LogP contribution >= 0.6 is 54.5 Å². The van der Waals surface area contributed by atoms with Gasteiger partial charge in [-0.2, -0.15) is 0 Å². The predicted octanol–water partition coefficient (Wildman–Crippen LogP) is 4.54. The van der Waals surface area contributed by atoms with Crippen LogP contribution in [0, 0.1) is 0 Å². The molecule has 0 radical (unpaired) electrons. The number of nitrogens with one attached hydrogen (secondary N) is 1. The quantitative estimate of drug-likeness (QED) is 0.654. The van der Waals surface area contributed by atoms with E-state index in [0.29, 0.717) is 6.61 Å². The Morgan fingerprint density at radius 1 is 1.38 bits per heavy atom. The minimum Gasteiger partial charge on any atom is -0.383 e. The average molecular weight is 452 g/mol. The molecule has 3 rings (SSSR count). The third kappa shape index (κ3) is 3.59. The second-order valence-electron chi connectivity index (χ2n) is 4.93. The second kappa shape index (κ2) is 7.19. The van der Waals surface area contributed by atoms with E-state index in [4.69, 9.17) is 9.72 Å². The fourth-order valence-electron chi connectivity index (χ4n) is 2.45. The van der Waals surface area contributed by atoms with Crippen LogP contribution in [-0.2, 0) is 17.6 Å². The molecule has 0 spiro atoms. The highest BCUT2D eigenvalue weighted by atomic mass is 79.9. The number of hydrogen-bond donors (Lipinski definition) is 1. The summed E-state index contributed by atoms with van der Waals surface area (Å²) in [4.78, 5) is 7.62. The summed E-state index contributed by atoms with van der Waals surface area (Å²) in [5.41, 5.74) is 1.31. The smallest absolute Gasteiger partial charge is 0.115 e. The van der Waals surface area contributed by atoms with E-state index in [1.807, 2.05) is 11.3 Å². The molecule has 21 heavy (non-hydrogen) atoms. The summed E-state index contributed by atoms with van der Waals surface area (Å²) in [5, 5.41) is 4.75. The van der Waals surface area contributed by atoms with Crippen LogP contribution in [-0.4, -0.2) is 25.2 Å². The van der Waals surface area contributed by atoms with Crippen LogP contribution in [0.5, 0.6) is 0 Å². The molecule has 2 heterocycles. The lowest BCUT2D eigenvalue weighted by Crippen LogP contribution is -2.25. The lowest BCUT2D eigenvalue weighted by atomic mass is 10.2. The van der Waals surface area contributed by atoms with E-state index in [9.17, 15) is 0 Å². The predicted molar refractivity (Wildman–Crippen MR) is 95.6 cm³/mol. The topological polar surface area (TPSA) is 34.1 Å². The van der Waals surface area contributed by atoms with Crippen molar-refractivity contribution in [2.75, 3.05) is 20.3 Å². The molecular weight excluding hydrogens is 436 g/mol. The number of halogens is 2. The van der Waals surface area contributed by atoms with E-state index in [-0.39, 0.29) is 6.04 Å². The molecule has 0 fully saturated rings. The molecule has 2 aromatic rings. The molecule has 1 aliphatic rings. The van der Waals surface area contributed by atoms with Crippen LogP contribution in [0.15, 0.2) is 14.3 Å². The van der Waals surface area contributed by atoms with Crippen molar-refractivity contribution in [3.8, 4) is 0 Å². The van der Waals surface area contributed by atoms with Gasteiger partial charge in [-0.15, -0.1) is 22.7 Å². The maximum Gasteiger partial charge on any atom is 0.115 e. The van der Waals surface area contributed by atoms with Gasteiger partial charge < -0.3 is 10.1 Å². The van der Waals surface area contributed by atoms with Gasteiger partial charge in [0.15, 0.2) is 0 Å². The van der Waals surface area contributed by atoms with Gasteiger partial charge in [0.05, 0.1) is 22.1 Å². The molecule has 1 atom stereocenters. The highest BCUT2D eigenvalue weighted by Crippen LogP contribution is 2.40. The van der Waals surface area contributed by atoms with E-state index in [2.05, 4.69) is 43.2 Å². The highest BCUT2D eigenvalue weighted by molar-refractivity contribution is 9.13. The van der Waals surface area contributed by atoms with Gasteiger partial charge in [-0.05, 0) is 57.2 Å². The van der Waals surface area contributed by atoms with E-state index in [1.165, 1.54) is 33.3 Å². The van der Waals surface area contributed by atoms with E-state index in [0.717, 1.165) is 21.2 Å². The first kappa shape index (κ1) is 16.1. The van der Waals surface area contributed by atoms with Crippen LogP contribution in [0.25, 0.3) is 0 Å². The van der Waals surface area contributed by atoms with Crippen molar-refractivity contribution in [1.29, 1.82) is 0 Å². The van der Waals surface area contributed by atoms with Crippen molar-refractivity contribution < 1.29 is 4.74 Å². The summed E-state index contributed by atoms with van der Waals surface area (Å²) in [6.45, 7) is 1.52. The van der Waals surface area contributed by atoms with Gasteiger partial charge in [-0.3, -0.25) is 0 Å². The summed E-state index contributed by atoms with van der Waals surface area (Å²) in [6.07, 6.45) is 3.58. The monoisotopic (exact) mass is 450 g/mol. The van der Waals surface area contributed by atoms with Gasteiger partial charge >= 0.3 is 0 Å². The van der Waals surface area contributed by atoms with Crippen molar-refractivity contribution in [2.24, 2.45) is 0 Å². The van der Waals surface area contributed by atoms with Crippen molar-refractivity contribution in [1.82, 2.24) is 10.3 Å². The van der Waals surface area contributed by atoms with Crippen LogP contribution in [0.3, 0.4) is 0 Å². The number of fused-ring (bicyclic) bond motifs is 1. The second-order valence-corrected chi connectivity index (χ2v) is 9.30. The minimum absolute atomic E-state index is 0.156. The van der Waals surface area contributed by atoms with Crippen molar-refractivity contribution in [3.63, 3.8) is 0 Å². The number of aryl methyl sites for hydroxylation is 2. The third-order valence-corrected chi connectivity index (χ3v) is 8.01. The number of nitrogens with zero attached hydrogens (tertiary/aromatic N) is 1. The first-order chi connectivity index (χ1) is 10.2. The van der Waals surface area contributed by atoms with Crippen LogP contribution in [0.2, 0.25) is 0 Å². The first-order valence-electron chi connectivity index (χ1n) is 6.84. The number of rotatable bonds is 6. The number of aromatic nitrogens is 1. The Kier molecular flexibility index (Phi) is 5.50. The Labute approximate surface area is 149 Å². The molecule has 7 heteroatoms. The fourth-order valence-corrected chi connectivity index (χ4v) is 5.95. The van der Waals surface area contributed by atoms with Crippen LogP contribution in [0.1, 0.15) is 32.9 Å². The fraction of sp³-hybridized carbons (Fsp3) is 0.500. The molecule has 1 aliphatic carbocycles. The van der Waals surface area contributed by atoms with E-state index >= 15 is 0 Å². The summed E-state index contributed by atoms with van der Waals surface area (Å²) >= 11 is 10.8. The number of thiophene rings is 1. The average Bonchev–Trinajstić information content (AvgIpc) is 3.11. The first-order valence-corrected chi connectivity index (χ1v) is 10.1. The molecule has 1 unspecified atom stereocenters. The Morgan fingerprint density at radius 2 is 2.24 bits per heavy atom. The van der Waals surface area contributed by atoms with Gasteiger partial charge in [-0.25, -0.2) is 4.98 Å². The summed E-state index contributed by atoms with van der Waals surface area (Å²) < 4.78 is 7.39. The standard InChI is InChI=1S/C14H16Br2N2OS2/c1-19-6-5-17-12(11-7-8(15)13(16)20-11)14-18-9-3-2-4-10(9)21-14/h7,12,17H,2-6H2,1H3. The zero-order valence-electron chi connectivity index (χ0n) is 11.6. The number of methoxy groups -OCH3 is 1. The molecule has 0 bridgehead atoms. The molecule has 0 saturated heterocycles. The normalized spacial score (nSPS) is 15.4. The summed E-state index contributed by atoms with van der Waals surface area (Å²) in [7, 11) is 1.73. The lowest BCUT2D eigenvalue weighted by Gasteiger charge is -2.15. The highest BCUT2D eigenvalue weighted by Gasteiger charge is 2.24. The third-order valence-electron chi connectivity index (χ3n) is 3.46. The maximum absolute atomic E-state index is 5.16. The van der Waals surface area contributed by atoms with E-state index in [1.54, 1.807) is 18.4 Å². The Balaban J connectivity index is 1.87. The Hall–Kier alpha value is 0.210. The van der Waals surface area contributed by atoms with Crippen molar-refractivity contribution >= 4 is 54.5 Å². The number of hydrogen-bond acceptors (Lipinski definition) is 5. The molecular formula is C14H16Br2N2OS2.